The minimum absolute atomic E-state index is 0.0000926. The van der Waals surface area contributed by atoms with Gasteiger partial charge in [0.25, 0.3) is 5.91 Å². The predicted octanol–water partition coefficient (Wildman–Crippen LogP) is 3.07. The number of hydrogen-bond donors (Lipinski definition) is 1. The third-order valence-corrected chi connectivity index (χ3v) is 3.69. The molecule has 0 aromatic heterocycles. The highest BCUT2D eigenvalue weighted by atomic mass is 79.9. The Morgan fingerprint density at radius 2 is 1.83 bits per heavy atom. The number of halogens is 2. The molecule has 0 aliphatic carbocycles. The van der Waals surface area contributed by atoms with Crippen LogP contribution in [0.2, 0.25) is 0 Å². The Bertz CT molecular complexity index is 457. The Labute approximate surface area is 114 Å². The van der Waals surface area contributed by atoms with Crippen molar-refractivity contribution in [1.82, 2.24) is 0 Å². The number of anilines is 1. The molecule has 0 bridgehead atoms. The van der Waals surface area contributed by atoms with Gasteiger partial charge in [0, 0.05) is 17.6 Å². The number of amides is 1. The zero-order valence-electron chi connectivity index (χ0n) is 10.1. The number of nitrogens with two attached hydrogens (primary N) is 1. The van der Waals surface area contributed by atoms with Gasteiger partial charge < -0.3 is 10.6 Å². The first-order valence-electron chi connectivity index (χ1n) is 6.13. The second kappa shape index (κ2) is 5.69. The highest BCUT2D eigenvalue weighted by Crippen LogP contribution is 2.29. The van der Waals surface area contributed by atoms with Crippen molar-refractivity contribution in [2.75, 3.05) is 18.0 Å². The Kier molecular flexibility index (Phi) is 4.22. The molecule has 0 unspecified atom stereocenters. The first-order chi connectivity index (χ1) is 8.59. The fraction of sp³-hybridized carbons (Fsp3) is 0.462. The summed E-state index contributed by atoms with van der Waals surface area (Å²) in [4.78, 5) is 13.5. The lowest BCUT2D eigenvalue weighted by Gasteiger charge is -2.25. The van der Waals surface area contributed by atoms with Gasteiger partial charge in [-0.2, -0.15) is 0 Å². The summed E-state index contributed by atoms with van der Waals surface area (Å²) in [5, 5.41) is 0. The fourth-order valence-electron chi connectivity index (χ4n) is 2.36. The van der Waals surface area contributed by atoms with Crippen LogP contribution in [0, 0.1) is 5.82 Å². The van der Waals surface area contributed by atoms with Crippen molar-refractivity contribution in [2.24, 2.45) is 5.73 Å². The van der Waals surface area contributed by atoms with E-state index in [2.05, 4.69) is 20.8 Å². The molecule has 1 aromatic carbocycles. The standard InChI is InChI=1S/C13H16BrFN2O/c14-9-7-10(15)12(13(16)18)11(8-9)17-5-3-1-2-4-6-17/h7-8H,1-6H2,(H2,16,18). The van der Waals surface area contributed by atoms with Gasteiger partial charge in [0.1, 0.15) is 5.82 Å². The second-order valence-corrected chi connectivity index (χ2v) is 5.46. The molecule has 0 saturated carbocycles. The summed E-state index contributed by atoms with van der Waals surface area (Å²) in [6.45, 7) is 1.69. The van der Waals surface area contributed by atoms with E-state index in [0.29, 0.717) is 10.2 Å². The zero-order chi connectivity index (χ0) is 13.1. The maximum absolute atomic E-state index is 13.9. The van der Waals surface area contributed by atoms with Crippen LogP contribution in [0.5, 0.6) is 0 Å². The van der Waals surface area contributed by atoms with Crippen LogP contribution >= 0.6 is 15.9 Å². The van der Waals surface area contributed by atoms with Gasteiger partial charge in [0.05, 0.1) is 11.3 Å². The molecule has 0 atom stereocenters. The quantitative estimate of drug-likeness (QED) is 0.912. The average molecular weight is 315 g/mol. The van der Waals surface area contributed by atoms with Crippen LogP contribution in [-0.4, -0.2) is 19.0 Å². The normalized spacial score (nSPS) is 16.4. The van der Waals surface area contributed by atoms with Gasteiger partial charge in [-0.15, -0.1) is 0 Å². The van der Waals surface area contributed by atoms with Gasteiger partial charge in [-0.1, -0.05) is 28.8 Å². The van der Waals surface area contributed by atoms with Crippen molar-refractivity contribution in [3.63, 3.8) is 0 Å². The summed E-state index contributed by atoms with van der Waals surface area (Å²) < 4.78 is 14.5. The highest BCUT2D eigenvalue weighted by Gasteiger charge is 2.20. The molecule has 0 spiro atoms. The van der Waals surface area contributed by atoms with Crippen LogP contribution < -0.4 is 10.6 Å². The zero-order valence-corrected chi connectivity index (χ0v) is 11.7. The lowest BCUT2D eigenvalue weighted by Crippen LogP contribution is -2.28. The number of benzene rings is 1. The summed E-state index contributed by atoms with van der Waals surface area (Å²) in [5.74, 6) is -1.27. The first-order valence-corrected chi connectivity index (χ1v) is 6.92. The van der Waals surface area contributed by atoms with E-state index in [4.69, 9.17) is 5.73 Å². The molecule has 3 nitrogen and oxygen atoms in total. The van der Waals surface area contributed by atoms with E-state index in [1.165, 1.54) is 18.9 Å². The molecule has 1 saturated heterocycles. The molecule has 5 heteroatoms. The van der Waals surface area contributed by atoms with Crippen molar-refractivity contribution in [3.8, 4) is 0 Å². The van der Waals surface area contributed by atoms with Gasteiger partial charge in [-0.05, 0) is 25.0 Å². The molecule has 98 valence electrons. The molecule has 2 rings (SSSR count). The SMILES string of the molecule is NC(=O)c1c(F)cc(Br)cc1N1CCCCCC1. The third kappa shape index (κ3) is 2.83. The van der Waals surface area contributed by atoms with E-state index >= 15 is 0 Å². The van der Waals surface area contributed by atoms with Crippen LogP contribution in [-0.2, 0) is 0 Å². The minimum atomic E-state index is -0.709. The van der Waals surface area contributed by atoms with Gasteiger partial charge in [0.15, 0.2) is 0 Å². The monoisotopic (exact) mass is 314 g/mol. The topological polar surface area (TPSA) is 46.3 Å². The molecule has 1 amide bonds. The Balaban J connectivity index is 2.43. The van der Waals surface area contributed by atoms with E-state index in [1.54, 1.807) is 6.07 Å². The molecule has 1 heterocycles. The Morgan fingerprint density at radius 1 is 1.22 bits per heavy atom. The summed E-state index contributed by atoms with van der Waals surface area (Å²) in [6, 6.07) is 3.05. The summed E-state index contributed by atoms with van der Waals surface area (Å²) in [5.41, 5.74) is 5.90. The molecule has 2 N–H and O–H groups in total. The molecule has 1 aliphatic rings. The molecule has 0 radical (unpaired) electrons. The van der Waals surface area contributed by atoms with Crippen LogP contribution in [0.4, 0.5) is 10.1 Å². The van der Waals surface area contributed by atoms with Crippen LogP contribution in [0.1, 0.15) is 36.0 Å². The van der Waals surface area contributed by atoms with Gasteiger partial charge in [0.2, 0.25) is 0 Å². The Hall–Kier alpha value is -1.10. The first kappa shape index (κ1) is 13.3. The number of carbonyl (C=O) groups is 1. The maximum atomic E-state index is 13.9. The smallest absolute Gasteiger partial charge is 0.253 e. The molecule has 1 aromatic rings. The summed E-state index contributed by atoms with van der Waals surface area (Å²) >= 11 is 3.26. The summed E-state index contributed by atoms with van der Waals surface area (Å²) in [7, 11) is 0. The number of carbonyl (C=O) groups excluding carboxylic acids is 1. The highest BCUT2D eigenvalue weighted by molar-refractivity contribution is 9.10. The lowest BCUT2D eigenvalue weighted by atomic mass is 10.1. The van der Waals surface area contributed by atoms with Crippen molar-refractivity contribution >= 4 is 27.5 Å². The molecule has 1 fully saturated rings. The van der Waals surface area contributed by atoms with Crippen LogP contribution in [0.3, 0.4) is 0 Å². The largest absolute Gasteiger partial charge is 0.371 e. The summed E-state index contributed by atoms with van der Waals surface area (Å²) in [6.07, 6.45) is 4.48. The van der Waals surface area contributed by atoms with E-state index in [-0.39, 0.29) is 5.56 Å². The van der Waals surface area contributed by atoms with Gasteiger partial charge >= 0.3 is 0 Å². The van der Waals surface area contributed by atoms with Crippen molar-refractivity contribution in [1.29, 1.82) is 0 Å². The molecular weight excluding hydrogens is 299 g/mol. The van der Waals surface area contributed by atoms with Crippen LogP contribution in [0.15, 0.2) is 16.6 Å². The number of nitrogens with zero attached hydrogens (tertiary/aromatic N) is 1. The Morgan fingerprint density at radius 3 is 2.39 bits per heavy atom. The minimum Gasteiger partial charge on any atom is -0.371 e. The maximum Gasteiger partial charge on any atom is 0.253 e. The van der Waals surface area contributed by atoms with Crippen LogP contribution in [0.25, 0.3) is 0 Å². The molecule has 18 heavy (non-hydrogen) atoms. The molecule has 1 aliphatic heterocycles. The van der Waals surface area contributed by atoms with E-state index in [1.807, 2.05) is 0 Å². The van der Waals surface area contributed by atoms with Crippen molar-refractivity contribution in [3.05, 3.63) is 28.0 Å². The fourth-order valence-corrected chi connectivity index (χ4v) is 2.78. The van der Waals surface area contributed by atoms with Gasteiger partial charge in [-0.25, -0.2) is 4.39 Å². The third-order valence-electron chi connectivity index (χ3n) is 3.23. The van der Waals surface area contributed by atoms with E-state index in [0.717, 1.165) is 25.9 Å². The second-order valence-electron chi connectivity index (χ2n) is 4.55. The van der Waals surface area contributed by atoms with Gasteiger partial charge in [-0.3, -0.25) is 4.79 Å². The van der Waals surface area contributed by atoms with E-state index in [9.17, 15) is 9.18 Å². The predicted molar refractivity (Wildman–Crippen MR) is 73.3 cm³/mol. The van der Waals surface area contributed by atoms with Crippen molar-refractivity contribution in [2.45, 2.75) is 25.7 Å². The number of primary amides is 1. The van der Waals surface area contributed by atoms with E-state index < -0.39 is 11.7 Å². The number of hydrogen-bond acceptors (Lipinski definition) is 2. The lowest BCUT2D eigenvalue weighted by molar-refractivity contribution is 0.0997. The number of rotatable bonds is 2. The molecular formula is C13H16BrFN2O. The van der Waals surface area contributed by atoms with Crippen molar-refractivity contribution < 1.29 is 9.18 Å². The average Bonchev–Trinajstić information content (AvgIpc) is 2.55.